The van der Waals surface area contributed by atoms with Crippen molar-refractivity contribution in [3.05, 3.63) is 40.1 Å². The highest BCUT2D eigenvalue weighted by Gasteiger charge is 2.38. The minimum Gasteiger partial charge on any atom is -0.380 e. The van der Waals surface area contributed by atoms with Gasteiger partial charge in [0, 0.05) is 37.7 Å². The number of fused-ring (bicyclic) bond motifs is 1. The summed E-state index contributed by atoms with van der Waals surface area (Å²) in [7, 11) is 1.66. The molecule has 0 unspecified atom stereocenters. The number of rotatable bonds is 7. The summed E-state index contributed by atoms with van der Waals surface area (Å²) in [5.41, 5.74) is 3.13. The molecule has 1 aliphatic carbocycles. The van der Waals surface area contributed by atoms with Crippen LogP contribution < -0.4 is 10.7 Å². The van der Waals surface area contributed by atoms with Crippen LogP contribution in [0.5, 0.6) is 0 Å². The van der Waals surface area contributed by atoms with E-state index in [0.717, 1.165) is 18.4 Å². The van der Waals surface area contributed by atoms with E-state index in [1.54, 1.807) is 31.6 Å². The number of halogens is 2. The summed E-state index contributed by atoms with van der Waals surface area (Å²) in [4.78, 5) is 30.7. The molecule has 0 amide bonds. The summed E-state index contributed by atoms with van der Waals surface area (Å²) in [6.07, 6.45) is 8.32. The van der Waals surface area contributed by atoms with Gasteiger partial charge in [0.15, 0.2) is 0 Å². The number of nitrogens with zero attached hydrogens (tertiary/aromatic N) is 6. The molecule has 0 aromatic carbocycles. The third-order valence-electron chi connectivity index (χ3n) is 8.61. The van der Waals surface area contributed by atoms with Crippen LogP contribution in [0.15, 0.2) is 33.8 Å². The van der Waals surface area contributed by atoms with Crippen LogP contribution in [0, 0.1) is 11.8 Å². The Kier molecular flexibility index (Phi) is 7.35. The molecule has 6 rings (SSSR count). The lowest BCUT2D eigenvalue weighted by Gasteiger charge is -2.34. The number of methoxy groups -OCH3 is 1. The molecule has 10 nitrogen and oxygen atoms in total. The molecule has 0 bridgehead atoms. The summed E-state index contributed by atoms with van der Waals surface area (Å²) in [6.45, 7) is 4.56. The predicted molar refractivity (Wildman–Crippen MR) is 150 cm³/mol. The van der Waals surface area contributed by atoms with E-state index in [2.05, 4.69) is 33.5 Å². The Balaban J connectivity index is 1.61. The monoisotopic (exact) mass is 569 g/mol. The lowest BCUT2D eigenvalue weighted by atomic mass is 9.79. The molecule has 4 aromatic heterocycles. The van der Waals surface area contributed by atoms with Gasteiger partial charge in [-0.3, -0.25) is 14.5 Å². The molecule has 3 atom stereocenters. The lowest BCUT2D eigenvalue weighted by molar-refractivity contribution is 0.117. The van der Waals surface area contributed by atoms with Crippen molar-refractivity contribution in [1.82, 2.24) is 29.7 Å². The summed E-state index contributed by atoms with van der Waals surface area (Å²) >= 11 is 6.37. The number of nitrogens with one attached hydrogen (secondary N) is 1. The molecule has 2 fully saturated rings. The molecule has 1 saturated heterocycles. The van der Waals surface area contributed by atoms with E-state index in [-0.39, 0.29) is 24.0 Å². The lowest BCUT2D eigenvalue weighted by Crippen LogP contribution is -2.35. The zero-order valence-corrected chi connectivity index (χ0v) is 23.6. The van der Waals surface area contributed by atoms with Crippen molar-refractivity contribution in [2.45, 2.75) is 64.1 Å². The van der Waals surface area contributed by atoms with E-state index < -0.39 is 12.4 Å². The van der Waals surface area contributed by atoms with Crippen molar-refractivity contribution < 1.29 is 13.7 Å². The van der Waals surface area contributed by atoms with Crippen LogP contribution >= 0.6 is 11.6 Å². The first-order valence-corrected chi connectivity index (χ1v) is 14.2. The predicted octanol–water partition coefficient (Wildman–Crippen LogP) is 5.44. The first-order chi connectivity index (χ1) is 19.4. The zero-order valence-electron chi connectivity index (χ0n) is 22.8. The van der Waals surface area contributed by atoms with Gasteiger partial charge >= 0.3 is 5.76 Å². The van der Waals surface area contributed by atoms with E-state index in [9.17, 15) is 9.18 Å². The van der Waals surface area contributed by atoms with Crippen molar-refractivity contribution >= 4 is 28.6 Å². The van der Waals surface area contributed by atoms with E-state index in [1.165, 1.54) is 12.8 Å². The second kappa shape index (κ2) is 10.9. The quantitative estimate of drug-likeness (QED) is 0.313. The van der Waals surface area contributed by atoms with Gasteiger partial charge in [0.05, 0.1) is 33.9 Å². The van der Waals surface area contributed by atoms with Crippen molar-refractivity contribution in [1.29, 1.82) is 0 Å². The smallest absolute Gasteiger partial charge is 0.380 e. The molecular weight excluding hydrogens is 537 g/mol. The van der Waals surface area contributed by atoms with Crippen LogP contribution in [-0.2, 0) is 4.74 Å². The van der Waals surface area contributed by atoms with Gasteiger partial charge in [-0.25, -0.2) is 19.2 Å². The summed E-state index contributed by atoms with van der Waals surface area (Å²) in [6, 6.07) is 3.31. The van der Waals surface area contributed by atoms with Crippen LogP contribution in [0.2, 0.25) is 5.02 Å². The second-order valence-corrected chi connectivity index (χ2v) is 11.6. The van der Waals surface area contributed by atoms with Crippen LogP contribution in [0.3, 0.4) is 0 Å². The maximum Gasteiger partial charge on any atom is 0.439 e. The van der Waals surface area contributed by atoms with Gasteiger partial charge in [-0.1, -0.05) is 36.5 Å². The Morgan fingerprint density at radius 1 is 1.23 bits per heavy atom. The molecule has 212 valence electrons. The Bertz CT molecular complexity index is 1560. The van der Waals surface area contributed by atoms with Crippen LogP contribution in [0.1, 0.15) is 52.0 Å². The Hall–Kier alpha value is -3.31. The van der Waals surface area contributed by atoms with Gasteiger partial charge in [-0.2, -0.15) is 0 Å². The van der Waals surface area contributed by atoms with E-state index in [0.29, 0.717) is 58.2 Å². The summed E-state index contributed by atoms with van der Waals surface area (Å²) < 4.78 is 27.0. The number of H-pyrrole nitrogens is 1. The van der Waals surface area contributed by atoms with Gasteiger partial charge in [-0.15, -0.1) is 0 Å². The van der Waals surface area contributed by atoms with Gasteiger partial charge < -0.3 is 14.2 Å². The number of aromatic amines is 1. The molecule has 40 heavy (non-hydrogen) atoms. The number of hydrogen-bond acceptors (Lipinski definition) is 8. The molecule has 4 aromatic rings. The van der Waals surface area contributed by atoms with E-state index >= 15 is 0 Å². The molecule has 0 spiro atoms. The highest BCUT2D eigenvalue weighted by Crippen LogP contribution is 2.43. The highest BCUT2D eigenvalue weighted by molar-refractivity contribution is 6.30. The first-order valence-electron chi connectivity index (χ1n) is 13.8. The van der Waals surface area contributed by atoms with Gasteiger partial charge in [0.1, 0.15) is 12.4 Å². The fourth-order valence-corrected chi connectivity index (χ4v) is 6.49. The molecule has 5 heterocycles. The van der Waals surface area contributed by atoms with Crippen LogP contribution in [-0.4, -0.2) is 62.1 Å². The van der Waals surface area contributed by atoms with Crippen molar-refractivity contribution in [2.24, 2.45) is 11.8 Å². The number of ether oxygens (including phenoxy) is 1. The third-order valence-corrected chi connectivity index (χ3v) is 8.81. The summed E-state index contributed by atoms with van der Waals surface area (Å²) in [5.74, 6) is 1.33. The Morgan fingerprint density at radius 3 is 2.70 bits per heavy atom. The average Bonchev–Trinajstić information content (AvgIpc) is 3.68. The number of anilines is 1. The molecular formula is C28H33ClFN7O3. The fourth-order valence-electron chi connectivity index (χ4n) is 6.32. The SMILES string of the molecule is CO[C@@H]1C[C@@H](CF)N(c2nc3cc(-c4noc(=O)[nH]4)nc(-c4cncc(Cl)c4)c3n2[C@H](C)C2CCC(C)CC2)C1. The van der Waals surface area contributed by atoms with E-state index in [4.69, 9.17) is 30.8 Å². The number of alkyl halides is 1. The van der Waals surface area contributed by atoms with E-state index in [1.807, 2.05) is 4.90 Å². The minimum absolute atomic E-state index is 0.0692. The van der Waals surface area contributed by atoms with Crippen LogP contribution in [0.25, 0.3) is 33.8 Å². The largest absolute Gasteiger partial charge is 0.439 e. The Morgan fingerprint density at radius 2 is 2.02 bits per heavy atom. The first kappa shape index (κ1) is 26.9. The molecule has 1 N–H and O–H groups in total. The van der Waals surface area contributed by atoms with Crippen molar-refractivity contribution in [2.75, 3.05) is 25.2 Å². The molecule has 1 saturated carbocycles. The van der Waals surface area contributed by atoms with Gasteiger partial charge in [-0.05, 0) is 50.2 Å². The minimum atomic E-state index is -0.678. The standard InChI is InChI=1S/C28H33ClFN7O3/c1-15-4-6-17(7-5-15)16(2)37-25-22(33-27(37)36-14-21(39-3)9-20(36)11-30)10-23(26-34-28(38)40-35-26)32-24(25)18-8-19(29)13-31-12-18/h8,10,12-13,15-17,20-21H,4-7,9,11,14H2,1-3H3,(H,34,35,38)/t15?,16-,17?,20+,21-/m1/s1. The van der Waals surface area contributed by atoms with Gasteiger partial charge in [0.2, 0.25) is 11.8 Å². The molecule has 12 heteroatoms. The molecule has 0 radical (unpaired) electrons. The highest BCUT2D eigenvalue weighted by atomic mass is 35.5. The topological polar surface area (TPSA) is 115 Å². The maximum absolute atomic E-state index is 14.4. The normalized spacial score (nSPS) is 24.2. The number of aromatic nitrogens is 6. The average molecular weight is 570 g/mol. The second-order valence-electron chi connectivity index (χ2n) is 11.2. The molecule has 1 aliphatic heterocycles. The van der Waals surface area contributed by atoms with Crippen molar-refractivity contribution in [3.8, 4) is 22.8 Å². The Labute approximate surface area is 235 Å². The van der Waals surface area contributed by atoms with Crippen LogP contribution in [0.4, 0.5) is 10.3 Å². The fraction of sp³-hybridized carbons (Fsp3) is 0.536. The third kappa shape index (κ3) is 4.89. The number of pyridine rings is 2. The van der Waals surface area contributed by atoms with Crippen molar-refractivity contribution in [3.63, 3.8) is 0 Å². The zero-order chi connectivity index (χ0) is 28.0. The maximum atomic E-state index is 14.4. The summed E-state index contributed by atoms with van der Waals surface area (Å²) in [5, 5.41) is 4.32. The number of hydrogen-bond donors (Lipinski definition) is 1. The molecule has 2 aliphatic rings. The number of imidazole rings is 1. The van der Waals surface area contributed by atoms with Gasteiger partial charge in [0.25, 0.3) is 0 Å².